The van der Waals surface area contributed by atoms with Crippen molar-refractivity contribution in [3.63, 3.8) is 0 Å². The van der Waals surface area contributed by atoms with Gasteiger partial charge in [-0.25, -0.2) is 10.5 Å². The lowest BCUT2D eigenvalue weighted by atomic mass is 10.1. The van der Waals surface area contributed by atoms with Gasteiger partial charge in [-0.15, -0.1) is 22.7 Å². The number of hydrogen-bond donors (Lipinski definition) is 3. The van der Waals surface area contributed by atoms with Crippen LogP contribution in [0.25, 0.3) is 21.3 Å². The minimum atomic E-state index is -0.571. The van der Waals surface area contributed by atoms with E-state index in [0.717, 1.165) is 21.3 Å². The van der Waals surface area contributed by atoms with Gasteiger partial charge < -0.3 is 0 Å². The molecule has 0 radical (unpaired) electrons. The van der Waals surface area contributed by atoms with E-state index in [1.165, 1.54) is 22.7 Å². The summed E-state index contributed by atoms with van der Waals surface area (Å²) in [5, 5.41) is 14.8. The maximum Gasteiger partial charge on any atom is 0.284 e. The number of fused-ring (bicyclic) bond motifs is 1. The first-order valence-electron chi connectivity index (χ1n) is 7.94. The zero-order chi connectivity index (χ0) is 18.8. The van der Waals surface area contributed by atoms with Crippen molar-refractivity contribution >= 4 is 49.7 Å². The third kappa shape index (κ3) is 3.59. The number of carbonyl (C=O) groups excluding carboxylic acids is 2. The Bertz CT molecular complexity index is 1140. The highest BCUT2D eigenvalue weighted by Gasteiger charge is 2.13. The van der Waals surface area contributed by atoms with Crippen LogP contribution >= 0.6 is 22.7 Å². The van der Waals surface area contributed by atoms with E-state index in [0.29, 0.717) is 15.6 Å². The molecule has 0 atom stereocenters. The van der Waals surface area contributed by atoms with Gasteiger partial charge in [0.05, 0.1) is 10.6 Å². The molecule has 0 fully saturated rings. The van der Waals surface area contributed by atoms with Gasteiger partial charge in [0.2, 0.25) is 0 Å². The molecule has 0 aliphatic carbocycles. The normalized spacial score (nSPS) is 10.7. The van der Waals surface area contributed by atoms with Crippen LogP contribution in [-0.2, 0) is 0 Å². The van der Waals surface area contributed by atoms with Gasteiger partial charge in [-0.3, -0.25) is 20.1 Å². The molecule has 0 unspecified atom stereocenters. The van der Waals surface area contributed by atoms with Crippen molar-refractivity contribution in [3.8, 4) is 11.3 Å². The quantitative estimate of drug-likeness (QED) is 0.353. The third-order valence-corrected chi connectivity index (χ3v) is 5.76. The molecule has 4 rings (SSSR count). The highest BCUT2D eigenvalue weighted by molar-refractivity contribution is 7.20. The first-order valence-corrected chi connectivity index (χ1v) is 9.64. The number of benzene rings is 2. The molecule has 6 nitrogen and oxygen atoms in total. The van der Waals surface area contributed by atoms with Gasteiger partial charge in [0.25, 0.3) is 11.8 Å². The van der Waals surface area contributed by atoms with Crippen molar-refractivity contribution < 1.29 is 14.8 Å². The Kier molecular flexibility index (Phi) is 4.68. The molecule has 0 aliphatic rings. The van der Waals surface area contributed by atoms with Gasteiger partial charge in [-0.05, 0) is 23.6 Å². The topological polar surface area (TPSA) is 91.3 Å². The Morgan fingerprint density at radius 3 is 2.59 bits per heavy atom. The summed E-state index contributed by atoms with van der Waals surface area (Å²) in [4.78, 5) is 28.9. The summed E-state index contributed by atoms with van der Waals surface area (Å²) in [5.74, 6) is -0.842. The molecule has 2 heterocycles. The summed E-state index contributed by atoms with van der Waals surface area (Å²) in [6.07, 6.45) is 0. The molecule has 0 aliphatic heterocycles. The number of nitrogens with zero attached hydrogens (tertiary/aromatic N) is 1. The van der Waals surface area contributed by atoms with E-state index >= 15 is 0 Å². The molecule has 2 amide bonds. The molecular formula is C19H13N3O3S2. The van der Waals surface area contributed by atoms with Crippen molar-refractivity contribution in [1.82, 2.24) is 10.5 Å². The second kappa shape index (κ2) is 7.28. The number of aromatic nitrogens is 1. The maximum absolute atomic E-state index is 12.5. The fourth-order valence-electron chi connectivity index (χ4n) is 2.58. The minimum Gasteiger partial charge on any atom is -0.298 e. The third-order valence-electron chi connectivity index (χ3n) is 3.90. The number of hydrogen-bond acceptors (Lipinski definition) is 6. The predicted molar refractivity (Wildman–Crippen MR) is 107 cm³/mol. The highest BCUT2D eigenvalue weighted by Crippen LogP contribution is 2.28. The van der Waals surface area contributed by atoms with Crippen molar-refractivity contribution in [2.45, 2.75) is 0 Å². The summed E-state index contributed by atoms with van der Waals surface area (Å²) in [5.41, 5.74) is 3.88. The molecule has 0 bridgehead atoms. The SMILES string of the molecule is O=C(Nc1nc(-c2ccccc2)cs1)c1ccc2cc(C(=O)NO)sc2c1. The second-order valence-electron chi connectivity index (χ2n) is 5.66. The van der Waals surface area contributed by atoms with E-state index in [-0.39, 0.29) is 5.91 Å². The number of amides is 2. The standard InChI is InChI=1S/C19H13N3O3S2/c23-17(21-19-20-14(10-26-19)11-4-2-1-3-5-11)13-7-6-12-8-16(18(24)22-25)27-15(12)9-13/h1-10,25H,(H,22,24)(H,20,21,23). The number of nitrogens with one attached hydrogen (secondary N) is 2. The molecule has 2 aromatic carbocycles. The maximum atomic E-state index is 12.5. The van der Waals surface area contributed by atoms with E-state index in [4.69, 9.17) is 5.21 Å². The average Bonchev–Trinajstić information content (AvgIpc) is 3.34. The second-order valence-corrected chi connectivity index (χ2v) is 7.60. The average molecular weight is 395 g/mol. The van der Waals surface area contributed by atoms with Crippen LogP contribution in [0.2, 0.25) is 0 Å². The number of carbonyl (C=O) groups is 2. The lowest BCUT2D eigenvalue weighted by Crippen LogP contribution is -2.16. The van der Waals surface area contributed by atoms with E-state index in [1.807, 2.05) is 35.7 Å². The molecule has 3 N–H and O–H groups in total. The smallest absolute Gasteiger partial charge is 0.284 e. The van der Waals surface area contributed by atoms with Crippen molar-refractivity contribution in [1.29, 1.82) is 0 Å². The number of anilines is 1. The van der Waals surface area contributed by atoms with Gasteiger partial charge >= 0.3 is 0 Å². The van der Waals surface area contributed by atoms with E-state index in [2.05, 4.69) is 10.3 Å². The molecule has 4 aromatic rings. The van der Waals surface area contributed by atoms with E-state index in [1.54, 1.807) is 29.7 Å². The summed E-state index contributed by atoms with van der Waals surface area (Å²) < 4.78 is 0.783. The molecule has 134 valence electrons. The van der Waals surface area contributed by atoms with Gasteiger partial charge in [0, 0.05) is 21.2 Å². The van der Waals surface area contributed by atoms with Crippen LogP contribution in [0.4, 0.5) is 5.13 Å². The van der Waals surface area contributed by atoms with Crippen LogP contribution in [0.1, 0.15) is 20.0 Å². The van der Waals surface area contributed by atoms with Crippen molar-refractivity contribution in [2.75, 3.05) is 5.32 Å². The first-order chi connectivity index (χ1) is 13.1. The van der Waals surface area contributed by atoms with Gasteiger partial charge in [0.15, 0.2) is 5.13 Å². The van der Waals surface area contributed by atoms with Crippen LogP contribution in [0.5, 0.6) is 0 Å². The van der Waals surface area contributed by atoms with Gasteiger partial charge in [0.1, 0.15) is 0 Å². The van der Waals surface area contributed by atoms with E-state index < -0.39 is 5.91 Å². The lowest BCUT2D eigenvalue weighted by Gasteiger charge is -2.02. The van der Waals surface area contributed by atoms with Crippen molar-refractivity contribution in [3.05, 3.63) is 70.4 Å². The van der Waals surface area contributed by atoms with Crippen LogP contribution < -0.4 is 10.8 Å². The Balaban J connectivity index is 1.54. The van der Waals surface area contributed by atoms with E-state index in [9.17, 15) is 9.59 Å². The number of thiophene rings is 1. The number of rotatable bonds is 4. The number of thiazole rings is 1. The van der Waals surface area contributed by atoms with Crippen LogP contribution in [0.15, 0.2) is 60.0 Å². The molecule has 0 saturated heterocycles. The summed E-state index contributed by atoms with van der Waals surface area (Å²) in [6.45, 7) is 0. The Labute approximate surface area is 162 Å². The van der Waals surface area contributed by atoms with Gasteiger partial charge in [-0.2, -0.15) is 0 Å². The first kappa shape index (κ1) is 17.3. The fraction of sp³-hybridized carbons (Fsp3) is 0. The van der Waals surface area contributed by atoms with Gasteiger partial charge in [-0.1, -0.05) is 36.4 Å². The Hall–Kier alpha value is -3.07. The summed E-state index contributed by atoms with van der Waals surface area (Å²) in [6, 6.07) is 16.6. The zero-order valence-electron chi connectivity index (χ0n) is 13.8. The van der Waals surface area contributed by atoms with Crippen LogP contribution in [0.3, 0.4) is 0 Å². The fourth-order valence-corrected chi connectivity index (χ4v) is 4.29. The Morgan fingerprint density at radius 1 is 1.00 bits per heavy atom. The Morgan fingerprint density at radius 2 is 1.81 bits per heavy atom. The van der Waals surface area contributed by atoms with Crippen LogP contribution in [-0.4, -0.2) is 22.0 Å². The molecular weight excluding hydrogens is 382 g/mol. The largest absolute Gasteiger partial charge is 0.298 e. The van der Waals surface area contributed by atoms with Crippen LogP contribution in [0, 0.1) is 0 Å². The predicted octanol–water partition coefficient (Wildman–Crippen LogP) is 4.40. The zero-order valence-corrected chi connectivity index (χ0v) is 15.4. The number of hydroxylamine groups is 1. The summed E-state index contributed by atoms with van der Waals surface area (Å²) >= 11 is 2.57. The highest BCUT2D eigenvalue weighted by atomic mass is 32.1. The molecule has 8 heteroatoms. The molecule has 0 saturated carbocycles. The molecule has 0 spiro atoms. The minimum absolute atomic E-state index is 0.271. The van der Waals surface area contributed by atoms with Crippen molar-refractivity contribution in [2.24, 2.45) is 0 Å². The lowest BCUT2D eigenvalue weighted by molar-refractivity contribution is 0.0711. The summed E-state index contributed by atoms with van der Waals surface area (Å²) in [7, 11) is 0. The molecule has 27 heavy (non-hydrogen) atoms. The molecule has 2 aromatic heterocycles. The monoisotopic (exact) mass is 395 g/mol.